The number of sulfonamides is 1. The predicted molar refractivity (Wildman–Crippen MR) is 54.0 cm³/mol. The van der Waals surface area contributed by atoms with Gasteiger partial charge in [-0.25, -0.2) is 12.7 Å². The topological polar surface area (TPSA) is 61.2 Å². The van der Waals surface area contributed by atoms with E-state index in [1.54, 1.807) is 7.05 Å². The standard InChI is InChI=1S/C9H16N2O2S/c1-11(8-4-7-10)14(12,13)9-5-2-3-6-9/h9H,2-6,8H2,1H3. The van der Waals surface area contributed by atoms with Crippen molar-refractivity contribution in [2.75, 3.05) is 13.6 Å². The summed E-state index contributed by atoms with van der Waals surface area (Å²) in [4.78, 5) is 0. The van der Waals surface area contributed by atoms with Gasteiger partial charge in [0.1, 0.15) is 0 Å². The van der Waals surface area contributed by atoms with Crippen molar-refractivity contribution >= 4 is 10.0 Å². The van der Waals surface area contributed by atoms with E-state index in [4.69, 9.17) is 5.26 Å². The second-order valence-corrected chi connectivity index (χ2v) is 6.00. The Kier molecular flexibility index (Phi) is 3.90. The lowest BCUT2D eigenvalue weighted by Crippen LogP contribution is -2.35. The summed E-state index contributed by atoms with van der Waals surface area (Å²) < 4.78 is 25.0. The van der Waals surface area contributed by atoms with E-state index in [2.05, 4.69) is 0 Å². The van der Waals surface area contributed by atoms with Crippen LogP contribution < -0.4 is 0 Å². The van der Waals surface area contributed by atoms with Crippen LogP contribution in [0.15, 0.2) is 0 Å². The molecule has 0 N–H and O–H groups in total. The van der Waals surface area contributed by atoms with Gasteiger partial charge >= 0.3 is 0 Å². The SMILES string of the molecule is CN(CCC#N)S(=O)(=O)C1CCCC1. The molecule has 0 spiro atoms. The highest BCUT2D eigenvalue weighted by Gasteiger charge is 2.31. The maximum Gasteiger partial charge on any atom is 0.216 e. The normalized spacial score (nSPS) is 18.6. The molecule has 14 heavy (non-hydrogen) atoms. The third-order valence-corrected chi connectivity index (χ3v) is 5.06. The van der Waals surface area contributed by atoms with E-state index in [9.17, 15) is 8.42 Å². The largest absolute Gasteiger partial charge is 0.216 e. The van der Waals surface area contributed by atoms with Crippen LogP contribution in [0.4, 0.5) is 0 Å². The van der Waals surface area contributed by atoms with E-state index in [1.807, 2.05) is 6.07 Å². The van der Waals surface area contributed by atoms with Gasteiger partial charge in [0.05, 0.1) is 11.3 Å². The maximum atomic E-state index is 11.9. The summed E-state index contributed by atoms with van der Waals surface area (Å²) in [5.74, 6) is 0. The van der Waals surface area contributed by atoms with Crippen LogP contribution in [-0.4, -0.2) is 31.6 Å². The zero-order valence-electron chi connectivity index (χ0n) is 8.44. The third-order valence-electron chi connectivity index (χ3n) is 2.70. The Labute approximate surface area is 85.6 Å². The Morgan fingerprint density at radius 2 is 2.00 bits per heavy atom. The van der Waals surface area contributed by atoms with Gasteiger partial charge in [-0.2, -0.15) is 5.26 Å². The summed E-state index contributed by atoms with van der Waals surface area (Å²) in [5, 5.41) is 8.17. The van der Waals surface area contributed by atoms with Crippen LogP contribution in [-0.2, 0) is 10.0 Å². The molecule has 0 aliphatic heterocycles. The zero-order valence-corrected chi connectivity index (χ0v) is 9.26. The highest BCUT2D eigenvalue weighted by atomic mass is 32.2. The molecule has 0 aromatic carbocycles. The third kappa shape index (κ3) is 2.46. The molecular weight excluding hydrogens is 200 g/mol. The number of nitriles is 1. The van der Waals surface area contributed by atoms with Crippen molar-refractivity contribution in [3.05, 3.63) is 0 Å². The lowest BCUT2D eigenvalue weighted by molar-refractivity contribution is 0.464. The average molecular weight is 216 g/mol. The molecule has 0 heterocycles. The number of nitrogens with zero attached hydrogens (tertiary/aromatic N) is 2. The van der Waals surface area contributed by atoms with Crippen molar-refractivity contribution in [2.24, 2.45) is 0 Å². The molecule has 0 amide bonds. The molecule has 0 aromatic rings. The summed E-state index contributed by atoms with van der Waals surface area (Å²) in [6.45, 7) is 0.315. The summed E-state index contributed by atoms with van der Waals surface area (Å²) in [5.41, 5.74) is 0. The first kappa shape index (κ1) is 11.5. The van der Waals surface area contributed by atoms with Gasteiger partial charge in [0.15, 0.2) is 0 Å². The number of hydrogen-bond donors (Lipinski definition) is 0. The fourth-order valence-corrected chi connectivity index (χ4v) is 3.56. The van der Waals surface area contributed by atoms with Crippen LogP contribution in [0.1, 0.15) is 32.1 Å². The van der Waals surface area contributed by atoms with Crippen molar-refractivity contribution in [1.29, 1.82) is 5.26 Å². The van der Waals surface area contributed by atoms with E-state index in [0.717, 1.165) is 25.7 Å². The molecular formula is C9H16N2O2S. The minimum Gasteiger partial charge on any atom is -0.212 e. The highest BCUT2D eigenvalue weighted by Crippen LogP contribution is 2.26. The van der Waals surface area contributed by atoms with Crippen LogP contribution in [0.2, 0.25) is 0 Å². The molecule has 5 heteroatoms. The molecule has 0 unspecified atom stereocenters. The molecule has 0 aromatic heterocycles. The Bertz CT molecular complexity index is 312. The quantitative estimate of drug-likeness (QED) is 0.707. The van der Waals surface area contributed by atoms with Gasteiger partial charge in [0.2, 0.25) is 10.0 Å². The van der Waals surface area contributed by atoms with Crippen LogP contribution in [0.25, 0.3) is 0 Å². The average Bonchev–Trinajstić information content (AvgIpc) is 2.67. The van der Waals surface area contributed by atoms with Crippen molar-refractivity contribution < 1.29 is 8.42 Å². The van der Waals surface area contributed by atoms with Crippen LogP contribution in [0.3, 0.4) is 0 Å². The van der Waals surface area contributed by atoms with Crippen molar-refractivity contribution in [1.82, 2.24) is 4.31 Å². The molecule has 0 bridgehead atoms. The molecule has 1 aliphatic rings. The van der Waals surface area contributed by atoms with Crippen LogP contribution >= 0.6 is 0 Å². The van der Waals surface area contributed by atoms with Gasteiger partial charge in [0.25, 0.3) is 0 Å². The van der Waals surface area contributed by atoms with E-state index in [-0.39, 0.29) is 11.7 Å². The van der Waals surface area contributed by atoms with Gasteiger partial charge in [0, 0.05) is 20.0 Å². The zero-order chi connectivity index (χ0) is 10.6. The Hall–Kier alpha value is -0.600. The Morgan fingerprint density at radius 3 is 2.50 bits per heavy atom. The molecule has 0 atom stereocenters. The summed E-state index contributed by atoms with van der Waals surface area (Å²) >= 11 is 0. The first-order valence-electron chi connectivity index (χ1n) is 4.91. The monoisotopic (exact) mass is 216 g/mol. The number of rotatable bonds is 4. The van der Waals surface area contributed by atoms with Gasteiger partial charge in [-0.3, -0.25) is 0 Å². The first-order chi connectivity index (χ1) is 6.59. The lowest BCUT2D eigenvalue weighted by Gasteiger charge is -2.20. The Balaban J connectivity index is 2.60. The molecule has 0 saturated heterocycles. The molecule has 1 rings (SSSR count). The molecule has 0 radical (unpaired) electrons. The molecule has 1 aliphatic carbocycles. The minimum absolute atomic E-state index is 0.203. The number of hydrogen-bond acceptors (Lipinski definition) is 3. The molecule has 1 saturated carbocycles. The van der Waals surface area contributed by atoms with E-state index in [1.165, 1.54) is 4.31 Å². The van der Waals surface area contributed by atoms with Gasteiger partial charge in [-0.05, 0) is 12.8 Å². The predicted octanol–water partition coefficient (Wildman–Crippen LogP) is 1.10. The van der Waals surface area contributed by atoms with Gasteiger partial charge in [-0.1, -0.05) is 12.8 Å². The Morgan fingerprint density at radius 1 is 1.43 bits per heavy atom. The van der Waals surface area contributed by atoms with Crippen molar-refractivity contribution in [3.8, 4) is 6.07 Å². The maximum absolute atomic E-state index is 11.9. The van der Waals surface area contributed by atoms with Crippen molar-refractivity contribution in [2.45, 2.75) is 37.4 Å². The second kappa shape index (κ2) is 4.76. The smallest absolute Gasteiger partial charge is 0.212 e. The van der Waals surface area contributed by atoms with Crippen molar-refractivity contribution in [3.63, 3.8) is 0 Å². The lowest BCUT2D eigenvalue weighted by atomic mass is 10.4. The van der Waals surface area contributed by atoms with E-state index < -0.39 is 10.0 Å². The molecule has 80 valence electrons. The second-order valence-electron chi connectivity index (χ2n) is 3.68. The first-order valence-corrected chi connectivity index (χ1v) is 6.41. The fraction of sp³-hybridized carbons (Fsp3) is 0.889. The van der Waals surface area contributed by atoms with E-state index >= 15 is 0 Å². The van der Waals surface area contributed by atoms with Gasteiger partial charge in [-0.15, -0.1) is 0 Å². The molecule has 4 nitrogen and oxygen atoms in total. The summed E-state index contributed by atoms with van der Waals surface area (Å²) in [6.07, 6.45) is 3.84. The minimum atomic E-state index is -3.13. The van der Waals surface area contributed by atoms with E-state index in [0.29, 0.717) is 6.54 Å². The van der Waals surface area contributed by atoms with Crippen LogP contribution in [0.5, 0.6) is 0 Å². The van der Waals surface area contributed by atoms with Crippen LogP contribution in [0, 0.1) is 11.3 Å². The summed E-state index contributed by atoms with van der Waals surface area (Å²) in [7, 11) is -1.57. The highest BCUT2D eigenvalue weighted by molar-refractivity contribution is 7.89. The molecule has 1 fully saturated rings. The van der Waals surface area contributed by atoms with Gasteiger partial charge < -0.3 is 0 Å². The summed E-state index contributed by atoms with van der Waals surface area (Å²) in [6, 6.07) is 1.96. The fourth-order valence-electron chi connectivity index (χ4n) is 1.78.